The fourth-order valence-electron chi connectivity index (χ4n) is 1.20. The fourth-order valence-corrected chi connectivity index (χ4v) is 1.83. The number of furan rings is 1. The van der Waals surface area contributed by atoms with E-state index in [4.69, 9.17) is 10.2 Å². The molecule has 0 bridgehead atoms. The summed E-state index contributed by atoms with van der Waals surface area (Å²) in [4.78, 5) is 24.9. The van der Waals surface area contributed by atoms with Crippen molar-refractivity contribution in [2.45, 2.75) is 0 Å². The van der Waals surface area contributed by atoms with Crippen molar-refractivity contribution in [3.63, 3.8) is 0 Å². The Labute approximate surface area is 105 Å². The lowest BCUT2D eigenvalue weighted by molar-refractivity contribution is -0.402. The van der Waals surface area contributed by atoms with Crippen LogP contribution in [0.25, 0.3) is 6.08 Å². The number of carbonyl (C=O) groups excluding carboxylic acids is 1. The number of carbonyl (C=O) groups is 1. The smallest absolute Gasteiger partial charge is 0.401 e. The van der Waals surface area contributed by atoms with Gasteiger partial charge in [-0.2, -0.15) is 4.99 Å². The van der Waals surface area contributed by atoms with Crippen LogP contribution in [0.15, 0.2) is 38.6 Å². The summed E-state index contributed by atoms with van der Waals surface area (Å²) in [5.41, 5.74) is 5.37. The van der Waals surface area contributed by atoms with Gasteiger partial charge in [-0.15, -0.1) is 0 Å². The highest BCUT2D eigenvalue weighted by Crippen LogP contribution is 2.24. The lowest BCUT2D eigenvalue weighted by atomic mass is 10.3. The van der Waals surface area contributed by atoms with Gasteiger partial charge in [0.1, 0.15) is 10.7 Å². The standard InChI is InChI=1S/C10H7N3O4S/c11-10-12-9(14)7(18-10)3-1-2-6-4-5-8(17-6)13(15)16/h1-5H,(H2,11,12,14)/b2-1+,7-3-. The average molecular weight is 265 g/mol. The van der Waals surface area contributed by atoms with Crippen LogP contribution in [-0.2, 0) is 4.79 Å². The topological polar surface area (TPSA) is 112 Å². The molecule has 92 valence electrons. The minimum atomic E-state index is -0.624. The van der Waals surface area contributed by atoms with Crippen molar-refractivity contribution in [2.75, 3.05) is 0 Å². The number of nitrogens with zero attached hydrogens (tertiary/aromatic N) is 2. The second kappa shape index (κ2) is 4.88. The second-order valence-electron chi connectivity index (χ2n) is 3.18. The predicted molar refractivity (Wildman–Crippen MR) is 66.7 cm³/mol. The van der Waals surface area contributed by atoms with Crippen LogP contribution in [0.4, 0.5) is 5.88 Å². The molecule has 1 aromatic rings. The van der Waals surface area contributed by atoms with Gasteiger partial charge in [-0.25, -0.2) is 0 Å². The number of nitro groups is 1. The number of hydrogen-bond acceptors (Lipinski definition) is 6. The van der Waals surface area contributed by atoms with E-state index < -0.39 is 10.8 Å². The number of aliphatic imine (C=N–C) groups is 1. The third-order valence-corrected chi connectivity index (χ3v) is 2.77. The number of amidine groups is 1. The van der Waals surface area contributed by atoms with Gasteiger partial charge in [0.2, 0.25) is 0 Å². The molecule has 0 aromatic carbocycles. The van der Waals surface area contributed by atoms with Crippen molar-refractivity contribution in [1.29, 1.82) is 0 Å². The summed E-state index contributed by atoms with van der Waals surface area (Å²) in [6.45, 7) is 0. The number of allylic oxidation sites excluding steroid dienone is 2. The maximum absolute atomic E-state index is 11.2. The molecule has 0 aliphatic carbocycles. The van der Waals surface area contributed by atoms with E-state index in [0.29, 0.717) is 10.7 Å². The Hall–Kier alpha value is -2.35. The van der Waals surface area contributed by atoms with Gasteiger partial charge in [-0.3, -0.25) is 14.9 Å². The minimum Gasteiger partial charge on any atom is -0.401 e. The van der Waals surface area contributed by atoms with Gasteiger partial charge >= 0.3 is 5.88 Å². The van der Waals surface area contributed by atoms with Crippen molar-refractivity contribution in [2.24, 2.45) is 10.7 Å². The summed E-state index contributed by atoms with van der Waals surface area (Å²) in [5, 5.41) is 10.6. The van der Waals surface area contributed by atoms with Crippen molar-refractivity contribution in [1.82, 2.24) is 0 Å². The number of nitrogens with two attached hydrogens (primary N) is 1. The Morgan fingerprint density at radius 2 is 2.28 bits per heavy atom. The third kappa shape index (κ3) is 2.66. The van der Waals surface area contributed by atoms with Crippen LogP contribution in [0, 0.1) is 10.1 Å². The van der Waals surface area contributed by atoms with E-state index in [9.17, 15) is 14.9 Å². The van der Waals surface area contributed by atoms with Gasteiger partial charge in [0, 0.05) is 0 Å². The van der Waals surface area contributed by atoms with Gasteiger partial charge < -0.3 is 10.2 Å². The van der Waals surface area contributed by atoms with Gasteiger partial charge in [0.05, 0.1) is 11.0 Å². The first kappa shape index (κ1) is 12.1. The van der Waals surface area contributed by atoms with Crippen LogP contribution in [0.3, 0.4) is 0 Å². The van der Waals surface area contributed by atoms with Crippen LogP contribution >= 0.6 is 11.8 Å². The van der Waals surface area contributed by atoms with Crippen molar-refractivity contribution in [3.8, 4) is 0 Å². The van der Waals surface area contributed by atoms with Crippen LogP contribution in [0.5, 0.6) is 0 Å². The van der Waals surface area contributed by atoms with E-state index in [1.54, 1.807) is 0 Å². The highest BCUT2D eigenvalue weighted by molar-refractivity contribution is 8.18. The molecule has 1 aromatic heterocycles. The molecular weight excluding hydrogens is 258 g/mol. The highest BCUT2D eigenvalue weighted by Gasteiger charge is 2.18. The molecule has 0 saturated carbocycles. The van der Waals surface area contributed by atoms with Gasteiger partial charge in [0.15, 0.2) is 5.17 Å². The van der Waals surface area contributed by atoms with Crippen LogP contribution in [-0.4, -0.2) is 16.0 Å². The zero-order chi connectivity index (χ0) is 13.1. The highest BCUT2D eigenvalue weighted by atomic mass is 32.2. The van der Waals surface area contributed by atoms with Crippen LogP contribution in [0.1, 0.15) is 5.76 Å². The van der Waals surface area contributed by atoms with E-state index in [-0.39, 0.29) is 11.1 Å². The number of hydrogen-bond donors (Lipinski definition) is 1. The Morgan fingerprint density at radius 1 is 1.50 bits per heavy atom. The molecule has 2 heterocycles. The molecular formula is C10H7N3O4S. The number of rotatable bonds is 3. The van der Waals surface area contributed by atoms with Crippen molar-refractivity contribution >= 4 is 34.8 Å². The first-order chi connectivity index (χ1) is 8.56. The Morgan fingerprint density at radius 3 is 2.83 bits per heavy atom. The lowest BCUT2D eigenvalue weighted by Crippen LogP contribution is -2.01. The van der Waals surface area contributed by atoms with E-state index in [1.807, 2.05) is 0 Å². The Balaban J connectivity index is 2.06. The van der Waals surface area contributed by atoms with E-state index in [0.717, 1.165) is 11.8 Å². The quantitative estimate of drug-likeness (QED) is 0.505. The van der Waals surface area contributed by atoms with Crippen LogP contribution in [0.2, 0.25) is 0 Å². The molecule has 0 spiro atoms. The Kier molecular flexibility index (Phi) is 3.28. The zero-order valence-electron chi connectivity index (χ0n) is 8.90. The molecule has 18 heavy (non-hydrogen) atoms. The maximum Gasteiger partial charge on any atom is 0.433 e. The summed E-state index contributed by atoms with van der Waals surface area (Å²) in [7, 11) is 0. The van der Waals surface area contributed by atoms with Crippen LogP contribution < -0.4 is 5.73 Å². The fraction of sp³-hybridized carbons (Fsp3) is 0. The summed E-state index contributed by atoms with van der Waals surface area (Å²) in [5.74, 6) is -0.406. The average Bonchev–Trinajstić information content (AvgIpc) is 2.87. The van der Waals surface area contributed by atoms with Gasteiger partial charge in [-0.05, 0) is 30.0 Å². The van der Waals surface area contributed by atoms with E-state index in [1.165, 1.54) is 30.4 Å². The van der Waals surface area contributed by atoms with Crippen molar-refractivity contribution in [3.05, 3.63) is 45.1 Å². The molecule has 0 saturated heterocycles. The number of amides is 1. The molecule has 0 radical (unpaired) electrons. The molecule has 0 fully saturated rings. The number of thioether (sulfide) groups is 1. The summed E-state index contributed by atoms with van der Waals surface area (Å²) in [6.07, 6.45) is 4.56. The molecule has 0 unspecified atom stereocenters. The normalized spacial score (nSPS) is 17.7. The molecule has 2 N–H and O–H groups in total. The Bertz CT molecular complexity index is 600. The monoisotopic (exact) mass is 265 g/mol. The van der Waals surface area contributed by atoms with E-state index >= 15 is 0 Å². The molecule has 1 aliphatic rings. The lowest BCUT2D eigenvalue weighted by Gasteiger charge is -1.87. The molecule has 7 nitrogen and oxygen atoms in total. The predicted octanol–water partition coefficient (Wildman–Crippen LogP) is 1.67. The first-order valence-corrected chi connectivity index (χ1v) is 5.57. The maximum atomic E-state index is 11.2. The van der Waals surface area contributed by atoms with Gasteiger partial charge in [-0.1, -0.05) is 6.08 Å². The summed E-state index contributed by atoms with van der Waals surface area (Å²) in [6, 6.07) is 2.71. The largest absolute Gasteiger partial charge is 0.433 e. The molecule has 2 rings (SSSR count). The minimum absolute atomic E-state index is 0.202. The van der Waals surface area contributed by atoms with Crippen molar-refractivity contribution < 1.29 is 14.1 Å². The molecule has 0 atom stereocenters. The third-order valence-electron chi connectivity index (χ3n) is 1.94. The SMILES string of the molecule is NC1=NC(=O)/C(=C/C=C/c2ccc([N+](=O)[O-])o2)S1. The molecule has 1 amide bonds. The summed E-state index contributed by atoms with van der Waals surface area (Å²) >= 11 is 1.07. The summed E-state index contributed by atoms with van der Waals surface area (Å²) < 4.78 is 4.90. The molecule has 8 heteroatoms. The van der Waals surface area contributed by atoms with Gasteiger partial charge in [0.25, 0.3) is 5.91 Å². The first-order valence-electron chi connectivity index (χ1n) is 4.75. The van der Waals surface area contributed by atoms with E-state index in [2.05, 4.69) is 4.99 Å². The second-order valence-corrected chi connectivity index (χ2v) is 4.24. The zero-order valence-corrected chi connectivity index (χ0v) is 9.72. The molecule has 1 aliphatic heterocycles.